The lowest BCUT2D eigenvalue weighted by Gasteiger charge is -2.25. The second-order valence-corrected chi connectivity index (χ2v) is 3.47. The molecule has 4 atom stereocenters. The molecule has 2 aliphatic heterocycles. The first kappa shape index (κ1) is 9.66. The number of ether oxygens (including phenoxy) is 1. The van der Waals surface area contributed by atoms with Crippen molar-refractivity contribution in [3.05, 3.63) is 0 Å². The highest BCUT2D eigenvalue weighted by atomic mass is 16.6. The van der Waals surface area contributed by atoms with Crippen molar-refractivity contribution in [2.75, 3.05) is 13.2 Å². The predicted molar refractivity (Wildman–Crippen MR) is 43.2 cm³/mol. The molecule has 2 amide bonds. The van der Waals surface area contributed by atoms with Gasteiger partial charge in [-0.1, -0.05) is 0 Å². The van der Waals surface area contributed by atoms with E-state index in [0.29, 0.717) is 0 Å². The Kier molecular flexibility index (Phi) is 2.11. The third-order valence-corrected chi connectivity index (χ3v) is 2.56. The fourth-order valence-electron chi connectivity index (χ4n) is 1.78. The fraction of sp³-hybridized carbons (Fsp3) is 0.857. The molecule has 5 N–H and O–H groups in total. The van der Waals surface area contributed by atoms with Crippen molar-refractivity contribution in [3.63, 3.8) is 0 Å². The largest absolute Gasteiger partial charge is 0.394 e. The van der Waals surface area contributed by atoms with Crippen molar-refractivity contribution in [1.82, 2.24) is 10.6 Å². The summed E-state index contributed by atoms with van der Waals surface area (Å²) in [4.78, 5) is 10.9. The van der Waals surface area contributed by atoms with Gasteiger partial charge >= 0.3 is 6.03 Å². The first-order valence-electron chi connectivity index (χ1n) is 4.30. The van der Waals surface area contributed by atoms with Gasteiger partial charge < -0.3 is 30.7 Å². The SMILES string of the molecule is O=C1NC[C@@]2(N1)O[C@H](CO)[C@@H](O)[C@H]2O. The van der Waals surface area contributed by atoms with Gasteiger partial charge in [0.05, 0.1) is 13.2 Å². The number of carbonyl (C=O) groups is 1. The van der Waals surface area contributed by atoms with Gasteiger partial charge in [-0.25, -0.2) is 4.79 Å². The Bertz CT molecular complexity index is 260. The molecular weight excluding hydrogens is 192 g/mol. The summed E-state index contributed by atoms with van der Waals surface area (Å²) >= 11 is 0. The van der Waals surface area contributed by atoms with Crippen molar-refractivity contribution in [2.45, 2.75) is 24.0 Å². The minimum absolute atomic E-state index is 0.0700. The lowest BCUT2D eigenvalue weighted by Crippen LogP contribution is -2.53. The molecule has 0 saturated carbocycles. The molecule has 0 aromatic rings. The van der Waals surface area contributed by atoms with E-state index in [1.54, 1.807) is 0 Å². The maximum atomic E-state index is 10.9. The van der Waals surface area contributed by atoms with Gasteiger partial charge in [0.2, 0.25) is 0 Å². The van der Waals surface area contributed by atoms with Gasteiger partial charge in [0.15, 0.2) is 5.72 Å². The van der Waals surface area contributed by atoms with Crippen LogP contribution in [-0.2, 0) is 4.74 Å². The lowest BCUT2D eigenvalue weighted by atomic mass is 10.0. The molecule has 2 rings (SSSR count). The van der Waals surface area contributed by atoms with E-state index in [2.05, 4.69) is 10.6 Å². The maximum absolute atomic E-state index is 10.9. The Morgan fingerprint density at radius 3 is 2.71 bits per heavy atom. The molecule has 0 aromatic carbocycles. The van der Waals surface area contributed by atoms with E-state index in [-0.39, 0.29) is 6.54 Å². The third kappa shape index (κ3) is 1.17. The molecule has 0 aromatic heterocycles. The number of carbonyl (C=O) groups excluding carboxylic acids is 1. The van der Waals surface area contributed by atoms with Crippen LogP contribution in [0.3, 0.4) is 0 Å². The average molecular weight is 204 g/mol. The predicted octanol–water partition coefficient (Wildman–Crippen LogP) is -2.89. The van der Waals surface area contributed by atoms with E-state index in [4.69, 9.17) is 9.84 Å². The minimum Gasteiger partial charge on any atom is -0.394 e. The van der Waals surface area contributed by atoms with Crippen molar-refractivity contribution in [2.24, 2.45) is 0 Å². The molecule has 7 nitrogen and oxygen atoms in total. The summed E-state index contributed by atoms with van der Waals surface area (Å²) in [5.74, 6) is 0. The summed E-state index contributed by atoms with van der Waals surface area (Å²) in [6, 6.07) is -0.463. The maximum Gasteiger partial charge on any atom is 0.317 e. The number of aliphatic hydroxyl groups excluding tert-OH is 3. The summed E-state index contributed by atoms with van der Waals surface area (Å²) in [7, 11) is 0. The third-order valence-electron chi connectivity index (χ3n) is 2.56. The van der Waals surface area contributed by atoms with Crippen LogP contribution in [-0.4, -0.2) is 58.5 Å². The zero-order chi connectivity index (χ0) is 10.3. The number of nitrogens with one attached hydrogen (secondary N) is 2. The Morgan fingerprint density at radius 2 is 2.29 bits per heavy atom. The van der Waals surface area contributed by atoms with Crippen molar-refractivity contribution >= 4 is 6.03 Å². The van der Waals surface area contributed by atoms with Crippen LogP contribution < -0.4 is 10.6 Å². The monoisotopic (exact) mass is 204 g/mol. The molecular formula is C7H12N2O5. The molecule has 0 bridgehead atoms. The molecule has 0 radical (unpaired) electrons. The zero-order valence-corrected chi connectivity index (χ0v) is 7.30. The Morgan fingerprint density at radius 1 is 1.57 bits per heavy atom. The molecule has 2 aliphatic rings. The highest BCUT2D eigenvalue weighted by Gasteiger charge is 2.57. The van der Waals surface area contributed by atoms with Crippen LogP contribution in [0.15, 0.2) is 0 Å². The first-order valence-corrected chi connectivity index (χ1v) is 4.30. The second-order valence-electron chi connectivity index (χ2n) is 3.47. The Labute approximate surface area is 79.7 Å². The second kappa shape index (κ2) is 3.06. The number of amides is 2. The normalized spacial score (nSPS) is 46.8. The van der Waals surface area contributed by atoms with E-state index < -0.39 is 36.7 Å². The van der Waals surface area contributed by atoms with Gasteiger partial charge in [0.25, 0.3) is 0 Å². The van der Waals surface area contributed by atoms with Crippen LogP contribution >= 0.6 is 0 Å². The molecule has 80 valence electrons. The minimum atomic E-state index is -1.30. The standard InChI is InChI=1S/C7H12N2O5/c10-1-3-4(11)5(12)7(14-3)2-8-6(13)9-7/h3-5,10-12H,1-2H2,(H2,8,9,13)/t3-,4-,5-,7-/m1/s1. The number of hydrogen-bond acceptors (Lipinski definition) is 5. The average Bonchev–Trinajstić information content (AvgIpc) is 2.64. The Hall–Kier alpha value is -0.890. The van der Waals surface area contributed by atoms with Gasteiger partial charge in [0.1, 0.15) is 18.3 Å². The van der Waals surface area contributed by atoms with Gasteiger partial charge in [-0.05, 0) is 0 Å². The van der Waals surface area contributed by atoms with Crippen LogP contribution in [0.4, 0.5) is 4.79 Å². The summed E-state index contributed by atoms with van der Waals surface area (Å²) in [6.07, 6.45) is -3.30. The van der Waals surface area contributed by atoms with Gasteiger partial charge in [-0.3, -0.25) is 0 Å². The molecule has 14 heavy (non-hydrogen) atoms. The lowest BCUT2D eigenvalue weighted by molar-refractivity contribution is -0.0910. The van der Waals surface area contributed by atoms with Crippen molar-refractivity contribution in [1.29, 1.82) is 0 Å². The molecule has 0 aliphatic carbocycles. The quantitative estimate of drug-likeness (QED) is 0.315. The summed E-state index contributed by atoms with van der Waals surface area (Å²) in [5, 5.41) is 32.7. The van der Waals surface area contributed by atoms with Crippen molar-refractivity contribution in [3.8, 4) is 0 Å². The molecule has 1 spiro atoms. The van der Waals surface area contributed by atoms with Crippen molar-refractivity contribution < 1.29 is 24.9 Å². The Balaban J connectivity index is 2.18. The summed E-state index contributed by atoms with van der Waals surface area (Å²) in [6.45, 7) is -0.337. The summed E-state index contributed by atoms with van der Waals surface area (Å²) < 4.78 is 5.21. The van der Waals surface area contributed by atoms with Gasteiger partial charge in [-0.2, -0.15) is 0 Å². The van der Waals surface area contributed by atoms with Crippen LogP contribution in [0, 0.1) is 0 Å². The van der Waals surface area contributed by atoms with E-state index in [1.807, 2.05) is 0 Å². The number of hydrogen-bond donors (Lipinski definition) is 5. The van der Waals surface area contributed by atoms with Crippen LogP contribution in [0.1, 0.15) is 0 Å². The number of aliphatic hydroxyl groups is 3. The van der Waals surface area contributed by atoms with E-state index in [0.717, 1.165) is 0 Å². The molecule has 2 heterocycles. The molecule has 0 unspecified atom stereocenters. The number of rotatable bonds is 1. The number of urea groups is 1. The van der Waals surface area contributed by atoms with Crippen LogP contribution in [0.5, 0.6) is 0 Å². The highest BCUT2D eigenvalue weighted by molar-refractivity contribution is 5.77. The zero-order valence-electron chi connectivity index (χ0n) is 7.30. The van der Waals surface area contributed by atoms with Gasteiger partial charge in [0, 0.05) is 0 Å². The first-order chi connectivity index (χ1) is 6.59. The topological polar surface area (TPSA) is 111 Å². The summed E-state index contributed by atoms with van der Waals surface area (Å²) in [5.41, 5.74) is -1.30. The van der Waals surface area contributed by atoms with Gasteiger partial charge in [-0.15, -0.1) is 0 Å². The van der Waals surface area contributed by atoms with E-state index in [9.17, 15) is 15.0 Å². The molecule has 2 saturated heterocycles. The smallest absolute Gasteiger partial charge is 0.317 e. The van der Waals surface area contributed by atoms with E-state index in [1.165, 1.54) is 0 Å². The highest BCUT2D eigenvalue weighted by Crippen LogP contribution is 2.30. The van der Waals surface area contributed by atoms with E-state index >= 15 is 0 Å². The van der Waals surface area contributed by atoms with Crippen LogP contribution in [0.25, 0.3) is 0 Å². The molecule has 2 fully saturated rings. The fourth-order valence-corrected chi connectivity index (χ4v) is 1.78. The van der Waals surface area contributed by atoms with Crippen LogP contribution in [0.2, 0.25) is 0 Å². The molecule has 7 heteroatoms.